The summed E-state index contributed by atoms with van der Waals surface area (Å²) < 4.78 is 2.32. The Bertz CT molecular complexity index is 343. The van der Waals surface area contributed by atoms with Crippen molar-refractivity contribution in [3.8, 4) is 0 Å². The van der Waals surface area contributed by atoms with Crippen LogP contribution in [0.15, 0.2) is 0 Å². The molecule has 2 aliphatic rings. The van der Waals surface area contributed by atoms with Crippen molar-refractivity contribution in [1.29, 1.82) is 0 Å². The molecule has 3 heterocycles. The zero-order valence-electron chi connectivity index (χ0n) is 8.78. The second-order valence-corrected chi connectivity index (χ2v) is 5.47. The Labute approximate surface area is 93.8 Å². The van der Waals surface area contributed by atoms with Crippen molar-refractivity contribution >= 4 is 11.8 Å². The van der Waals surface area contributed by atoms with Gasteiger partial charge >= 0.3 is 0 Å². The highest BCUT2D eigenvalue weighted by atomic mass is 32.2. The maximum absolute atomic E-state index is 4.37. The van der Waals surface area contributed by atoms with Crippen molar-refractivity contribution in [1.82, 2.24) is 20.1 Å². The van der Waals surface area contributed by atoms with Gasteiger partial charge in [-0.3, -0.25) is 0 Å². The van der Waals surface area contributed by atoms with Crippen LogP contribution < -0.4 is 5.32 Å². The molecule has 1 unspecified atom stereocenters. The first-order chi connectivity index (χ1) is 7.45. The zero-order valence-corrected chi connectivity index (χ0v) is 9.59. The monoisotopic (exact) mass is 224 g/mol. The molecular formula is C10H16N4S. The standard InChI is InChI=1S/C10H16N4S/c1-2-6-15-8(3-1)10-13-12-9-7-11-4-5-14(9)10/h8,11H,1-7H2. The second kappa shape index (κ2) is 4.14. The summed E-state index contributed by atoms with van der Waals surface area (Å²) in [6.45, 7) is 2.97. The Kier molecular flexibility index (Phi) is 2.66. The molecule has 0 saturated carbocycles. The molecule has 1 atom stereocenters. The molecule has 1 aromatic rings. The molecule has 82 valence electrons. The van der Waals surface area contributed by atoms with E-state index < -0.39 is 0 Å². The Morgan fingerprint density at radius 1 is 1.33 bits per heavy atom. The van der Waals surface area contributed by atoms with Crippen molar-refractivity contribution in [2.45, 2.75) is 37.6 Å². The SMILES string of the molecule is C1CCC(c2nnc3n2CCNC3)SC1. The highest BCUT2D eigenvalue weighted by Crippen LogP contribution is 2.37. The number of nitrogens with zero attached hydrogens (tertiary/aromatic N) is 3. The molecule has 0 bridgehead atoms. The van der Waals surface area contributed by atoms with Gasteiger partial charge in [-0.1, -0.05) is 6.42 Å². The fourth-order valence-electron chi connectivity index (χ4n) is 2.30. The minimum Gasteiger partial charge on any atom is -0.312 e. The minimum absolute atomic E-state index is 0.595. The molecule has 0 spiro atoms. The number of thioether (sulfide) groups is 1. The van der Waals surface area contributed by atoms with Crippen molar-refractivity contribution in [3.05, 3.63) is 11.6 Å². The van der Waals surface area contributed by atoms with Crippen LogP contribution in [-0.2, 0) is 13.1 Å². The summed E-state index contributed by atoms with van der Waals surface area (Å²) in [6, 6.07) is 0. The molecule has 0 amide bonds. The van der Waals surface area contributed by atoms with E-state index in [9.17, 15) is 0 Å². The third-order valence-electron chi connectivity index (χ3n) is 3.12. The van der Waals surface area contributed by atoms with Crippen LogP contribution >= 0.6 is 11.8 Å². The van der Waals surface area contributed by atoms with Gasteiger partial charge in [0.05, 0.1) is 11.8 Å². The van der Waals surface area contributed by atoms with Gasteiger partial charge in [-0.2, -0.15) is 11.8 Å². The molecule has 0 radical (unpaired) electrons. The molecule has 1 aromatic heterocycles. The molecule has 0 aliphatic carbocycles. The number of aromatic nitrogens is 3. The largest absolute Gasteiger partial charge is 0.312 e. The molecule has 2 aliphatic heterocycles. The summed E-state index contributed by atoms with van der Waals surface area (Å²) in [5, 5.41) is 12.6. The first-order valence-corrected chi connectivity index (χ1v) is 6.74. The van der Waals surface area contributed by atoms with Gasteiger partial charge in [0.1, 0.15) is 11.6 Å². The predicted molar refractivity (Wildman–Crippen MR) is 60.8 cm³/mol. The maximum atomic E-state index is 4.37. The first kappa shape index (κ1) is 9.66. The van der Waals surface area contributed by atoms with Gasteiger partial charge in [0.2, 0.25) is 0 Å². The van der Waals surface area contributed by atoms with Gasteiger partial charge in [0.25, 0.3) is 0 Å². The van der Waals surface area contributed by atoms with E-state index in [2.05, 4.69) is 31.8 Å². The number of nitrogens with one attached hydrogen (secondary N) is 1. The smallest absolute Gasteiger partial charge is 0.147 e. The normalized spacial score (nSPS) is 26.3. The minimum atomic E-state index is 0.595. The molecule has 0 aromatic carbocycles. The van der Waals surface area contributed by atoms with Crippen molar-refractivity contribution in [2.24, 2.45) is 0 Å². The lowest BCUT2D eigenvalue weighted by molar-refractivity contribution is 0.487. The van der Waals surface area contributed by atoms with E-state index in [4.69, 9.17) is 0 Å². The molecular weight excluding hydrogens is 208 g/mol. The van der Waals surface area contributed by atoms with Crippen molar-refractivity contribution < 1.29 is 0 Å². The van der Waals surface area contributed by atoms with E-state index in [1.165, 1.54) is 30.8 Å². The second-order valence-electron chi connectivity index (χ2n) is 4.16. The van der Waals surface area contributed by atoms with Gasteiger partial charge in [0.15, 0.2) is 0 Å². The van der Waals surface area contributed by atoms with Crippen LogP contribution in [0.2, 0.25) is 0 Å². The van der Waals surface area contributed by atoms with E-state index >= 15 is 0 Å². The van der Waals surface area contributed by atoms with Crippen LogP contribution in [0, 0.1) is 0 Å². The van der Waals surface area contributed by atoms with Crippen LogP contribution in [-0.4, -0.2) is 27.1 Å². The lowest BCUT2D eigenvalue weighted by Crippen LogP contribution is -2.29. The Balaban J connectivity index is 1.87. The van der Waals surface area contributed by atoms with E-state index in [0.717, 1.165) is 25.5 Å². The first-order valence-electron chi connectivity index (χ1n) is 5.69. The number of hydrogen-bond acceptors (Lipinski definition) is 4. The topological polar surface area (TPSA) is 42.7 Å². The maximum Gasteiger partial charge on any atom is 0.147 e. The van der Waals surface area contributed by atoms with Crippen LogP contribution in [0.1, 0.15) is 36.2 Å². The zero-order chi connectivity index (χ0) is 10.1. The lowest BCUT2D eigenvalue weighted by atomic mass is 10.2. The summed E-state index contributed by atoms with van der Waals surface area (Å²) in [5.41, 5.74) is 0. The number of fused-ring (bicyclic) bond motifs is 1. The predicted octanol–water partition coefficient (Wildman–Crippen LogP) is 1.34. The highest BCUT2D eigenvalue weighted by Gasteiger charge is 2.24. The van der Waals surface area contributed by atoms with Crippen LogP contribution in [0.25, 0.3) is 0 Å². The van der Waals surface area contributed by atoms with Crippen molar-refractivity contribution in [2.75, 3.05) is 12.3 Å². The average Bonchev–Trinajstić information content (AvgIpc) is 2.74. The number of hydrogen-bond donors (Lipinski definition) is 1. The van der Waals surface area contributed by atoms with Gasteiger partial charge in [-0.15, -0.1) is 10.2 Å². The fourth-order valence-corrected chi connectivity index (χ4v) is 3.61. The van der Waals surface area contributed by atoms with E-state index in [1.807, 2.05) is 0 Å². The Hall–Kier alpha value is -0.550. The molecule has 3 rings (SSSR count). The van der Waals surface area contributed by atoms with Gasteiger partial charge < -0.3 is 9.88 Å². The quantitative estimate of drug-likeness (QED) is 0.781. The summed E-state index contributed by atoms with van der Waals surface area (Å²) >= 11 is 2.05. The third kappa shape index (κ3) is 1.78. The van der Waals surface area contributed by atoms with E-state index in [-0.39, 0.29) is 0 Å². The molecule has 1 saturated heterocycles. The van der Waals surface area contributed by atoms with Gasteiger partial charge in [-0.05, 0) is 18.6 Å². The fraction of sp³-hybridized carbons (Fsp3) is 0.800. The van der Waals surface area contributed by atoms with Crippen molar-refractivity contribution in [3.63, 3.8) is 0 Å². The van der Waals surface area contributed by atoms with E-state index in [1.54, 1.807) is 0 Å². The van der Waals surface area contributed by atoms with Crippen LogP contribution in [0.3, 0.4) is 0 Å². The summed E-state index contributed by atoms with van der Waals surface area (Å²) in [4.78, 5) is 0. The molecule has 4 nitrogen and oxygen atoms in total. The summed E-state index contributed by atoms with van der Waals surface area (Å²) in [7, 11) is 0. The Morgan fingerprint density at radius 3 is 3.20 bits per heavy atom. The molecule has 15 heavy (non-hydrogen) atoms. The van der Waals surface area contributed by atoms with Gasteiger partial charge in [-0.25, -0.2) is 0 Å². The lowest BCUT2D eigenvalue weighted by Gasteiger charge is -2.23. The summed E-state index contributed by atoms with van der Waals surface area (Å²) in [5.74, 6) is 3.61. The van der Waals surface area contributed by atoms with E-state index in [0.29, 0.717) is 5.25 Å². The molecule has 1 N–H and O–H groups in total. The average molecular weight is 224 g/mol. The Morgan fingerprint density at radius 2 is 2.33 bits per heavy atom. The third-order valence-corrected chi connectivity index (χ3v) is 4.49. The highest BCUT2D eigenvalue weighted by molar-refractivity contribution is 7.99. The van der Waals surface area contributed by atoms with Gasteiger partial charge in [0, 0.05) is 13.1 Å². The molecule has 1 fully saturated rings. The molecule has 5 heteroatoms. The van der Waals surface area contributed by atoms with Crippen LogP contribution in [0.4, 0.5) is 0 Å². The summed E-state index contributed by atoms with van der Waals surface area (Å²) in [6.07, 6.45) is 3.98. The van der Waals surface area contributed by atoms with Crippen LogP contribution in [0.5, 0.6) is 0 Å². The number of rotatable bonds is 1.